The molecule has 3 nitrogen and oxygen atoms in total. The zero-order chi connectivity index (χ0) is 13.1. The standard InChI is InChI=1S/C12H9Cl2NO2S/c1-2-17-12-8(3-7(13)4-9(12)14)10-6-18-11(5-16)15-10/h3-6H,2H2,1H3. The van der Waals surface area contributed by atoms with Gasteiger partial charge in [0.05, 0.1) is 17.3 Å². The lowest BCUT2D eigenvalue weighted by Crippen LogP contribution is -1.95. The van der Waals surface area contributed by atoms with Crippen LogP contribution in [0.15, 0.2) is 17.5 Å². The molecule has 0 saturated carbocycles. The quantitative estimate of drug-likeness (QED) is 0.789. The number of nitrogens with zero attached hydrogens (tertiary/aromatic N) is 1. The first-order valence-electron chi connectivity index (χ1n) is 5.18. The van der Waals surface area contributed by atoms with Gasteiger partial charge in [0.2, 0.25) is 0 Å². The zero-order valence-corrected chi connectivity index (χ0v) is 11.8. The lowest BCUT2D eigenvalue weighted by Gasteiger charge is -2.11. The van der Waals surface area contributed by atoms with Gasteiger partial charge in [-0.1, -0.05) is 23.2 Å². The predicted octanol–water partition coefficient (Wildman–Crippen LogP) is 4.33. The van der Waals surface area contributed by atoms with Crippen LogP contribution in [0.25, 0.3) is 11.3 Å². The number of carbonyl (C=O) groups is 1. The number of rotatable bonds is 4. The first-order valence-corrected chi connectivity index (χ1v) is 6.82. The highest BCUT2D eigenvalue weighted by molar-refractivity contribution is 7.11. The maximum atomic E-state index is 10.7. The molecular formula is C12H9Cl2NO2S. The van der Waals surface area contributed by atoms with Crippen LogP contribution in [0.2, 0.25) is 10.0 Å². The molecule has 1 aromatic heterocycles. The molecule has 0 atom stereocenters. The first kappa shape index (κ1) is 13.3. The third-order valence-corrected chi connectivity index (χ3v) is 3.46. The molecule has 0 unspecified atom stereocenters. The zero-order valence-electron chi connectivity index (χ0n) is 9.44. The number of carbonyl (C=O) groups excluding carboxylic acids is 1. The first-order chi connectivity index (χ1) is 8.65. The van der Waals surface area contributed by atoms with E-state index in [-0.39, 0.29) is 0 Å². The van der Waals surface area contributed by atoms with Crippen LogP contribution in [0.4, 0.5) is 0 Å². The monoisotopic (exact) mass is 301 g/mol. The molecule has 0 radical (unpaired) electrons. The van der Waals surface area contributed by atoms with Gasteiger partial charge in [-0.3, -0.25) is 4.79 Å². The van der Waals surface area contributed by atoms with E-state index in [1.807, 2.05) is 6.92 Å². The van der Waals surface area contributed by atoms with Crippen molar-refractivity contribution in [2.45, 2.75) is 6.92 Å². The minimum atomic E-state index is 0.406. The molecule has 1 aromatic carbocycles. The van der Waals surface area contributed by atoms with E-state index in [9.17, 15) is 4.79 Å². The number of hydrogen-bond donors (Lipinski definition) is 0. The molecule has 18 heavy (non-hydrogen) atoms. The molecule has 0 bridgehead atoms. The van der Waals surface area contributed by atoms with Crippen LogP contribution < -0.4 is 4.74 Å². The van der Waals surface area contributed by atoms with E-state index < -0.39 is 0 Å². The summed E-state index contributed by atoms with van der Waals surface area (Å²) in [7, 11) is 0. The highest BCUT2D eigenvalue weighted by atomic mass is 35.5. The molecule has 0 aliphatic heterocycles. The van der Waals surface area contributed by atoms with Gasteiger partial charge < -0.3 is 4.74 Å². The number of halogens is 2. The van der Waals surface area contributed by atoms with E-state index in [1.165, 1.54) is 11.3 Å². The molecule has 0 aliphatic carbocycles. The van der Waals surface area contributed by atoms with Crippen molar-refractivity contribution in [2.24, 2.45) is 0 Å². The number of aldehydes is 1. The van der Waals surface area contributed by atoms with Crippen molar-refractivity contribution in [3.05, 3.63) is 32.6 Å². The molecule has 1 heterocycles. The van der Waals surface area contributed by atoms with E-state index in [2.05, 4.69) is 4.98 Å². The molecule has 0 fully saturated rings. The van der Waals surface area contributed by atoms with E-state index in [0.29, 0.717) is 45.0 Å². The highest BCUT2D eigenvalue weighted by Gasteiger charge is 2.15. The van der Waals surface area contributed by atoms with E-state index >= 15 is 0 Å². The van der Waals surface area contributed by atoms with Gasteiger partial charge in [0.15, 0.2) is 11.3 Å². The van der Waals surface area contributed by atoms with Crippen LogP contribution in [-0.2, 0) is 0 Å². The normalized spacial score (nSPS) is 10.4. The minimum absolute atomic E-state index is 0.406. The van der Waals surface area contributed by atoms with Crippen LogP contribution in [0.1, 0.15) is 16.7 Å². The Bertz CT molecular complexity index is 583. The summed E-state index contributed by atoms with van der Waals surface area (Å²) < 4.78 is 5.51. The number of ether oxygens (including phenoxy) is 1. The predicted molar refractivity (Wildman–Crippen MR) is 74.1 cm³/mol. The van der Waals surface area contributed by atoms with Crippen LogP contribution >= 0.6 is 34.5 Å². The second-order valence-electron chi connectivity index (χ2n) is 3.39. The third-order valence-electron chi connectivity index (χ3n) is 2.20. The number of hydrogen-bond acceptors (Lipinski definition) is 4. The molecule has 2 rings (SSSR count). The Kier molecular flexibility index (Phi) is 4.22. The molecule has 6 heteroatoms. The number of thiazole rings is 1. The lowest BCUT2D eigenvalue weighted by molar-refractivity contribution is 0.112. The second-order valence-corrected chi connectivity index (χ2v) is 5.12. The van der Waals surface area contributed by atoms with Gasteiger partial charge >= 0.3 is 0 Å². The molecule has 0 amide bonds. The van der Waals surface area contributed by atoms with Crippen LogP contribution in [0, 0.1) is 0 Å². The summed E-state index contributed by atoms with van der Waals surface area (Å²) in [4.78, 5) is 14.8. The van der Waals surface area contributed by atoms with Crippen LogP contribution in [0.3, 0.4) is 0 Å². The summed E-state index contributed by atoms with van der Waals surface area (Å²) in [5.41, 5.74) is 1.33. The van der Waals surface area contributed by atoms with Crippen molar-refractivity contribution < 1.29 is 9.53 Å². The molecule has 0 saturated heterocycles. The average Bonchev–Trinajstić information content (AvgIpc) is 2.81. The van der Waals surface area contributed by atoms with Gasteiger partial charge in [-0.15, -0.1) is 11.3 Å². The average molecular weight is 302 g/mol. The lowest BCUT2D eigenvalue weighted by atomic mass is 10.1. The van der Waals surface area contributed by atoms with Crippen molar-refractivity contribution in [1.29, 1.82) is 0 Å². The van der Waals surface area contributed by atoms with Gasteiger partial charge in [-0.2, -0.15) is 0 Å². The van der Waals surface area contributed by atoms with E-state index in [0.717, 1.165) is 0 Å². The van der Waals surface area contributed by atoms with Gasteiger partial charge in [0.25, 0.3) is 0 Å². The van der Waals surface area contributed by atoms with Crippen molar-refractivity contribution in [1.82, 2.24) is 4.98 Å². The van der Waals surface area contributed by atoms with Crippen molar-refractivity contribution >= 4 is 40.8 Å². The summed E-state index contributed by atoms with van der Waals surface area (Å²) in [5, 5.41) is 3.11. The molecule has 0 spiro atoms. The van der Waals surface area contributed by atoms with E-state index in [4.69, 9.17) is 27.9 Å². The summed E-state index contributed by atoms with van der Waals surface area (Å²) in [6.07, 6.45) is 0.709. The number of benzene rings is 1. The maximum Gasteiger partial charge on any atom is 0.178 e. The molecule has 94 valence electrons. The SMILES string of the molecule is CCOc1c(Cl)cc(Cl)cc1-c1csc(C=O)n1. The molecule has 2 aromatic rings. The Morgan fingerprint density at radius 2 is 2.22 bits per heavy atom. The smallest absolute Gasteiger partial charge is 0.178 e. The van der Waals surface area contributed by atoms with Crippen molar-refractivity contribution in [2.75, 3.05) is 6.61 Å². The maximum absolute atomic E-state index is 10.7. The summed E-state index contributed by atoms with van der Waals surface area (Å²) in [6.45, 7) is 2.35. The Balaban J connectivity index is 2.57. The Labute approximate surface area is 118 Å². The summed E-state index contributed by atoms with van der Waals surface area (Å²) in [5.74, 6) is 0.534. The Morgan fingerprint density at radius 3 is 2.83 bits per heavy atom. The fourth-order valence-corrected chi connectivity index (χ4v) is 2.67. The fourth-order valence-electron chi connectivity index (χ4n) is 1.51. The van der Waals surface area contributed by atoms with Gasteiger partial charge in [0, 0.05) is 16.0 Å². The van der Waals surface area contributed by atoms with Gasteiger partial charge in [-0.25, -0.2) is 4.98 Å². The molecule has 0 N–H and O–H groups in total. The summed E-state index contributed by atoms with van der Waals surface area (Å²) in [6, 6.07) is 3.34. The van der Waals surface area contributed by atoms with Crippen molar-refractivity contribution in [3.63, 3.8) is 0 Å². The van der Waals surface area contributed by atoms with Crippen molar-refractivity contribution in [3.8, 4) is 17.0 Å². The van der Waals surface area contributed by atoms with Gasteiger partial charge in [-0.05, 0) is 19.1 Å². The van der Waals surface area contributed by atoms with Crippen LogP contribution in [0.5, 0.6) is 5.75 Å². The topological polar surface area (TPSA) is 39.2 Å². The molecular weight excluding hydrogens is 293 g/mol. The van der Waals surface area contributed by atoms with Gasteiger partial charge in [0.1, 0.15) is 5.75 Å². The Morgan fingerprint density at radius 1 is 1.44 bits per heavy atom. The van der Waals surface area contributed by atoms with Crippen LogP contribution in [-0.4, -0.2) is 17.9 Å². The minimum Gasteiger partial charge on any atom is -0.492 e. The van der Waals surface area contributed by atoms with E-state index in [1.54, 1.807) is 17.5 Å². The largest absolute Gasteiger partial charge is 0.492 e. The molecule has 0 aliphatic rings. The third kappa shape index (κ3) is 2.66. The Hall–Kier alpha value is -1.10. The fraction of sp³-hybridized carbons (Fsp3) is 0.167. The number of aromatic nitrogens is 1. The second kappa shape index (κ2) is 5.69. The summed E-state index contributed by atoms with van der Waals surface area (Å²) >= 11 is 13.3. The highest BCUT2D eigenvalue weighted by Crippen LogP contribution is 2.39.